The van der Waals surface area contributed by atoms with Crippen molar-refractivity contribution in [1.29, 1.82) is 0 Å². The maximum Gasteiger partial charge on any atom is 0.344 e. The number of ether oxygens (including phenoxy) is 2. The van der Waals surface area contributed by atoms with Crippen molar-refractivity contribution in [2.24, 2.45) is 0 Å². The monoisotopic (exact) mass is 587 g/mol. The Morgan fingerprint density at radius 3 is 2.58 bits per heavy atom. The van der Waals surface area contributed by atoms with Gasteiger partial charge in [0.25, 0.3) is 11.1 Å². The number of carbonyl (C=O) groups is 3. The average molecular weight is 588 g/mol. The number of thioether (sulfide) groups is 1. The van der Waals surface area contributed by atoms with Crippen LogP contribution in [0.3, 0.4) is 0 Å². The summed E-state index contributed by atoms with van der Waals surface area (Å²) in [5.74, 6) is 0.208. The summed E-state index contributed by atoms with van der Waals surface area (Å²) in [4.78, 5) is 39.7. The number of halogens is 1. The maximum absolute atomic E-state index is 12.9. The van der Waals surface area contributed by atoms with Gasteiger partial charge in [-0.05, 0) is 92.9 Å². The molecule has 1 fully saturated rings. The first-order valence-corrected chi connectivity index (χ1v) is 13.4. The average Bonchev–Trinajstić information content (AvgIpc) is 3.17. The smallest absolute Gasteiger partial charge is 0.344 e. The topological polar surface area (TPSA) is 72.9 Å². The van der Waals surface area contributed by atoms with Crippen LogP contribution in [-0.4, -0.2) is 35.2 Å². The lowest BCUT2D eigenvalue weighted by molar-refractivity contribution is -0.123. The van der Waals surface area contributed by atoms with Gasteiger partial charge in [0, 0.05) is 0 Å². The standard InChI is InChI=1S/C30H22BrNO5S/c1-19-6-4-9-22(16-19)36-15-14-32-28(33)27(38-30(32)35)18-20-12-13-26(25(31)17-20)37-29(34)24-11-5-8-21-7-2-3-10-23(21)24/h2-13,16-18H,14-15H2,1H3/b27-18-. The van der Waals surface area contributed by atoms with E-state index in [4.69, 9.17) is 9.47 Å². The highest BCUT2D eigenvalue weighted by Gasteiger charge is 2.34. The number of hydrogen-bond acceptors (Lipinski definition) is 6. The summed E-state index contributed by atoms with van der Waals surface area (Å²) in [6, 6.07) is 25.8. The summed E-state index contributed by atoms with van der Waals surface area (Å²) < 4.78 is 11.9. The Hall–Kier alpha value is -3.88. The summed E-state index contributed by atoms with van der Waals surface area (Å²) in [5, 5.41) is 1.42. The van der Waals surface area contributed by atoms with E-state index in [9.17, 15) is 14.4 Å². The zero-order valence-corrected chi connectivity index (χ0v) is 22.8. The molecule has 0 atom stereocenters. The number of nitrogens with zero attached hydrogens (tertiary/aromatic N) is 1. The molecule has 1 aliphatic rings. The summed E-state index contributed by atoms with van der Waals surface area (Å²) >= 11 is 4.34. The van der Waals surface area contributed by atoms with E-state index >= 15 is 0 Å². The lowest BCUT2D eigenvalue weighted by Crippen LogP contribution is -2.32. The zero-order valence-electron chi connectivity index (χ0n) is 20.3. The number of fused-ring (bicyclic) bond motifs is 1. The van der Waals surface area contributed by atoms with E-state index in [0.717, 1.165) is 28.1 Å². The fourth-order valence-electron chi connectivity index (χ4n) is 4.05. The molecule has 1 saturated heterocycles. The van der Waals surface area contributed by atoms with Crippen molar-refractivity contribution in [2.75, 3.05) is 13.2 Å². The molecule has 0 N–H and O–H groups in total. The normalized spacial score (nSPS) is 14.4. The van der Waals surface area contributed by atoms with Crippen LogP contribution >= 0.6 is 27.7 Å². The third-order valence-corrected chi connectivity index (χ3v) is 7.44. The van der Waals surface area contributed by atoms with Crippen molar-refractivity contribution < 1.29 is 23.9 Å². The van der Waals surface area contributed by atoms with Crippen LogP contribution in [0.1, 0.15) is 21.5 Å². The summed E-state index contributed by atoms with van der Waals surface area (Å²) in [7, 11) is 0. The number of rotatable bonds is 7. The SMILES string of the molecule is Cc1cccc(OCCN2C(=O)S/C(=C\c3ccc(OC(=O)c4cccc5ccccc45)c(Br)c3)C2=O)c1. The van der Waals surface area contributed by atoms with E-state index in [-0.39, 0.29) is 24.3 Å². The molecule has 0 bridgehead atoms. The molecule has 38 heavy (non-hydrogen) atoms. The van der Waals surface area contributed by atoms with Crippen molar-refractivity contribution in [2.45, 2.75) is 6.92 Å². The molecule has 0 radical (unpaired) electrons. The highest BCUT2D eigenvalue weighted by atomic mass is 79.9. The number of imide groups is 1. The molecule has 4 aromatic carbocycles. The Morgan fingerprint density at radius 1 is 0.974 bits per heavy atom. The van der Waals surface area contributed by atoms with Gasteiger partial charge in [-0.25, -0.2) is 4.79 Å². The predicted molar refractivity (Wildman–Crippen MR) is 152 cm³/mol. The molecule has 0 spiro atoms. The quantitative estimate of drug-likeness (QED) is 0.129. The first-order chi connectivity index (χ1) is 18.4. The van der Waals surface area contributed by atoms with Crippen LogP contribution in [0.5, 0.6) is 11.5 Å². The van der Waals surface area contributed by atoms with Gasteiger partial charge in [0.05, 0.1) is 21.5 Å². The molecule has 8 heteroatoms. The Bertz CT molecular complexity index is 1590. The Morgan fingerprint density at radius 2 is 1.76 bits per heavy atom. The van der Waals surface area contributed by atoms with Crippen LogP contribution in [0.25, 0.3) is 16.8 Å². The van der Waals surface area contributed by atoms with E-state index < -0.39 is 5.97 Å². The molecule has 1 aliphatic heterocycles. The van der Waals surface area contributed by atoms with Gasteiger partial charge in [-0.3, -0.25) is 14.5 Å². The molecule has 0 aliphatic carbocycles. The molecule has 4 aromatic rings. The molecule has 190 valence electrons. The van der Waals surface area contributed by atoms with Crippen LogP contribution in [-0.2, 0) is 4.79 Å². The Balaban J connectivity index is 1.25. The lowest BCUT2D eigenvalue weighted by Gasteiger charge is -2.13. The molecule has 5 rings (SSSR count). The first kappa shape index (κ1) is 25.8. The Labute approximate surface area is 232 Å². The second-order valence-corrected chi connectivity index (χ2v) is 10.5. The summed E-state index contributed by atoms with van der Waals surface area (Å²) in [5.41, 5.74) is 2.22. The lowest BCUT2D eigenvalue weighted by atomic mass is 10.0. The summed E-state index contributed by atoms with van der Waals surface area (Å²) in [6.45, 7) is 2.33. The van der Waals surface area contributed by atoms with E-state index in [1.54, 1.807) is 30.3 Å². The number of aryl methyl sites for hydroxylation is 1. The molecule has 1 heterocycles. The number of benzene rings is 4. The van der Waals surface area contributed by atoms with E-state index in [1.165, 1.54) is 4.90 Å². The molecule has 2 amide bonds. The van der Waals surface area contributed by atoms with Crippen molar-refractivity contribution in [1.82, 2.24) is 4.90 Å². The van der Waals surface area contributed by atoms with Gasteiger partial charge in [-0.1, -0.05) is 54.6 Å². The predicted octanol–water partition coefficient (Wildman–Crippen LogP) is 7.25. The fourth-order valence-corrected chi connectivity index (χ4v) is 5.39. The van der Waals surface area contributed by atoms with Gasteiger partial charge in [0.15, 0.2) is 0 Å². The van der Waals surface area contributed by atoms with Crippen molar-refractivity contribution in [3.63, 3.8) is 0 Å². The number of amides is 2. The van der Waals surface area contributed by atoms with Crippen LogP contribution in [0.4, 0.5) is 4.79 Å². The highest BCUT2D eigenvalue weighted by Crippen LogP contribution is 2.34. The van der Waals surface area contributed by atoms with E-state index in [0.29, 0.717) is 32.0 Å². The summed E-state index contributed by atoms with van der Waals surface area (Å²) in [6.07, 6.45) is 1.65. The molecular formula is C30H22BrNO5S. The molecule has 6 nitrogen and oxygen atoms in total. The highest BCUT2D eigenvalue weighted by molar-refractivity contribution is 9.10. The third kappa shape index (κ3) is 5.66. The zero-order chi connectivity index (χ0) is 26.6. The minimum absolute atomic E-state index is 0.155. The second kappa shape index (κ2) is 11.2. The van der Waals surface area contributed by atoms with Gasteiger partial charge < -0.3 is 9.47 Å². The van der Waals surface area contributed by atoms with Gasteiger partial charge in [-0.15, -0.1) is 0 Å². The van der Waals surface area contributed by atoms with Gasteiger partial charge in [0.1, 0.15) is 18.1 Å². The molecular weight excluding hydrogens is 566 g/mol. The molecule has 0 aromatic heterocycles. The number of hydrogen-bond donors (Lipinski definition) is 0. The van der Waals surface area contributed by atoms with Crippen LogP contribution < -0.4 is 9.47 Å². The van der Waals surface area contributed by atoms with Gasteiger partial charge in [0.2, 0.25) is 0 Å². The van der Waals surface area contributed by atoms with Crippen molar-refractivity contribution in [3.8, 4) is 11.5 Å². The van der Waals surface area contributed by atoms with Gasteiger partial charge >= 0.3 is 5.97 Å². The van der Waals surface area contributed by atoms with Crippen molar-refractivity contribution in [3.05, 3.63) is 111 Å². The minimum Gasteiger partial charge on any atom is -0.492 e. The second-order valence-electron chi connectivity index (χ2n) is 8.60. The van der Waals surface area contributed by atoms with Crippen LogP contribution in [0.2, 0.25) is 0 Å². The van der Waals surface area contributed by atoms with Gasteiger partial charge in [-0.2, -0.15) is 0 Å². The molecule has 0 saturated carbocycles. The van der Waals surface area contributed by atoms with Crippen molar-refractivity contribution >= 4 is 61.7 Å². The van der Waals surface area contributed by atoms with E-state index in [2.05, 4.69) is 15.9 Å². The fraction of sp³-hybridized carbons (Fsp3) is 0.100. The maximum atomic E-state index is 12.9. The van der Waals surface area contributed by atoms with Crippen LogP contribution in [0.15, 0.2) is 94.3 Å². The minimum atomic E-state index is -0.468. The third-order valence-electron chi connectivity index (χ3n) is 5.91. The number of esters is 1. The first-order valence-electron chi connectivity index (χ1n) is 11.8. The largest absolute Gasteiger partial charge is 0.492 e. The molecule has 0 unspecified atom stereocenters. The van der Waals surface area contributed by atoms with Crippen LogP contribution in [0, 0.1) is 6.92 Å². The van der Waals surface area contributed by atoms with E-state index in [1.807, 2.05) is 67.6 Å². The Kier molecular flexibility index (Phi) is 7.62. The number of carbonyl (C=O) groups excluding carboxylic acids is 3.